The molecular weight excluding hydrogens is 448 g/mol. The SMILES string of the molecule is O=[N+]([O-])OC(Cc1ccc(Cl)cc1Cl)(Cn1ccnc1)c1ccc(Cl)c(Cl)c1. The van der Waals surface area contributed by atoms with Gasteiger partial charge >= 0.3 is 0 Å². The Bertz CT molecular complexity index is 998. The van der Waals surface area contributed by atoms with Crippen molar-refractivity contribution in [2.75, 3.05) is 0 Å². The lowest BCUT2D eigenvalue weighted by Crippen LogP contribution is -2.39. The van der Waals surface area contributed by atoms with Crippen molar-refractivity contribution < 1.29 is 9.92 Å². The first kappa shape index (κ1) is 20.7. The van der Waals surface area contributed by atoms with Crippen molar-refractivity contribution in [2.24, 2.45) is 0 Å². The summed E-state index contributed by atoms with van der Waals surface area (Å²) in [6.07, 6.45) is 4.87. The van der Waals surface area contributed by atoms with E-state index in [1.54, 1.807) is 59.7 Å². The molecule has 28 heavy (non-hydrogen) atoms. The molecule has 1 unspecified atom stereocenters. The fourth-order valence-electron chi connectivity index (χ4n) is 2.93. The maximum Gasteiger partial charge on any atom is 0.295 e. The van der Waals surface area contributed by atoms with Gasteiger partial charge < -0.3 is 9.40 Å². The Morgan fingerprint density at radius 1 is 1.07 bits per heavy atom. The topological polar surface area (TPSA) is 70.2 Å². The maximum absolute atomic E-state index is 11.4. The summed E-state index contributed by atoms with van der Waals surface area (Å²) in [7, 11) is 0. The molecule has 6 nitrogen and oxygen atoms in total. The van der Waals surface area contributed by atoms with Crippen LogP contribution in [0.2, 0.25) is 20.1 Å². The van der Waals surface area contributed by atoms with E-state index in [4.69, 9.17) is 51.2 Å². The molecule has 0 bridgehead atoms. The van der Waals surface area contributed by atoms with Crippen molar-refractivity contribution in [3.63, 3.8) is 0 Å². The molecule has 10 heteroatoms. The predicted molar refractivity (Wildman–Crippen MR) is 109 cm³/mol. The lowest BCUT2D eigenvalue weighted by molar-refractivity contribution is -0.785. The van der Waals surface area contributed by atoms with Crippen LogP contribution in [0.25, 0.3) is 0 Å². The summed E-state index contributed by atoms with van der Waals surface area (Å²) >= 11 is 24.5. The first-order chi connectivity index (χ1) is 13.3. The zero-order valence-corrected chi connectivity index (χ0v) is 17.2. The minimum absolute atomic E-state index is 0.0835. The van der Waals surface area contributed by atoms with Gasteiger partial charge in [0.1, 0.15) is 0 Å². The van der Waals surface area contributed by atoms with Crippen molar-refractivity contribution in [1.82, 2.24) is 9.55 Å². The van der Waals surface area contributed by atoms with Gasteiger partial charge in [-0.05, 0) is 35.4 Å². The Hall–Kier alpha value is -1.99. The molecule has 3 aromatic rings. The van der Waals surface area contributed by atoms with Crippen molar-refractivity contribution in [1.29, 1.82) is 0 Å². The summed E-state index contributed by atoms with van der Waals surface area (Å²) in [5.41, 5.74) is -0.340. The van der Waals surface area contributed by atoms with Crippen molar-refractivity contribution in [3.8, 4) is 0 Å². The highest BCUT2D eigenvalue weighted by Crippen LogP contribution is 2.37. The average molecular weight is 461 g/mol. The molecule has 0 saturated heterocycles. The first-order valence-electron chi connectivity index (χ1n) is 7.98. The van der Waals surface area contributed by atoms with Crippen LogP contribution in [0.5, 0.6) is 0 Å². The zero-order valence-electron chi connectivity index (χ0n) is 14.2. The Morgan fingerprint density at radius 3 is 2.46 bits per heavy atom. The smallest absolute Gasteiger partial charge is 0.295 e. The van der Waals surface area contributed by atoms with Gasteiger partial charge in [-0.25, -0.2) is 4.98 Å². The van der Waals surface area contributed by atoms with Crippen LogP contribution in [0.4, 0.5) is 0 Å². The molecule has 0 radical (unpaired) electrons. The van der Waals surface area contributed by atoms with Gasteiger partial charge in [0.05, 0.1) is 22.9 Å². The molecule has 0 spiro atoms. The molecule has 0 aliphatic carbocycles. The molecule has 146 valence electrons. The second-order valence-corrected chi connectivity index (χ2v) is 7.74. The molecule has 0 aliphatic rings. The quantitative estimate of drug-likeness (QED) is 0.327. The fourth-order valence-corrected chi connectivity index (χ4v) is 3.71. The number of hydrogen-bond acceptors (Lipinski definition) is 4. The normalized spacial score (nSPS) is 13.1. The minimum Gasteiger partial charge on any atom is -0.335 e. The van der Waals surface area contributed by atoms with Gasteiger partial charge in [-0.15, -0.1) is 10.1 Å². The summed E-state index contributed by atoms with van der Waals surface area (Å²) < 4.78 is 1.68. The van der Waals surface area contributed by atoms with Gasteiger partial charge in [0.25, 0.3) is 5.09 Å². The molecule has 0 fully saturated rings. The van der Waals surface area contributed by atoms with Gasteiger partial charge in [-0.3, -0.25) is 0 Å². The Kier molecular flexibility index (Phi) is 6.35. The summed E-state index contributed by atoms with van der Waals surface area (Å²) in [6, 6.07) is 9.68. The largest absolute Gasteiger partial charge is 0.335 e. The van der Waals surface area contributed by atoms with E-state index < -0.39 is 10.7 Å². The lowest BCUT2D eigenvalue weighted by Gasteiger charge is -2.33. The first-order valence-corrected chi connectivity index (χ1v) is 9.49. The standard InChI is InChI=1S/C18H13Cl4N3O3/c19-14-3-1-12(16(21)8-14)9-18(28-25(26)27,10-24-6-5-23-11-24)13-2-4-15(20)17(22)7-13/h1-8,11H,9-10H2. The number of imidazole rings is 1. The van der Waals surface area contributed by atoms with E-state index in [1.807, 2.05) is 0 Å². The van der Waals surface area contributed by atoms with Crippen LogP contribution in [-0.2, 0) is 23.4 Å². The van der Waals surface area contributed by atoms with Crippen molar-refractivity contribution in [3.05, 3.63) is 96.5 Å². The molecule has 3 rings (SSSR count). The number of benzene rings is 2. The predicted octanol–water partition coefficient (Wildman–Crippen LogP) is 5.84. The summed E-state index contributed by atoms with van der Waals surface area (Å²) in [6.45, 7) is 0.0882. The number of nitrogens with zero attached hydrogens (tertiary/aromatic N) is 3. The Balaban J connectivity index is 2.15. The highest BCUT2D eigenvalue weighted by molar-refractivity contribution is 6.42. The van der Waals surface area contributed by atoms with E-state index in [0.717, 1.165) is 0 Å². The third-order valence-electron chi connectivity index (χ3n) is 4.18. The second kappa shape index (κ2) is 8.57. The van der Waals surface area contributed by atoms with Crippen LogP contribution in [0.1, 0.15) is 11.1 Å². The van der Waals surface area contributed by atoms with E-state index in [-0.39, 0.29) is 18.0 Å². The number of aromatic nitrogens is 2. The van der Waals surface area contributed by atoms with Crippen LogP contribution in [-0.4, -0.2) is 14.6 Å². The number of rotatable bonds is 7. The maximum atomic E-state index is 11.4. The van der Waals surface area contributed by atoms with Gasteiger partial charge in [-0.1, -0.05) is 58.5 Å². The van der Waals surface area contributed by atoms with Crippen LogP contribution >= 0.6 is 46.4 Å². The van der Waals surface area contributed by atoms with E-state index in [0.29, 0.717) is 26.2 Å². The summed E-state index contributed by atoms with van der Waals surface area (Å²) in [5.74, 6) is 0. The lowest BCUT2D eigenvalue weighted by atomic mass is 9.86. The van der Waals surface area contributed by atoms with Gasteiger partial charge in [0.2, 0.25) is 0 Å². The molecule has 1 atom stereocenters. The van der Waals surface area contributed by atoms with E-state index in [9.17, 15) is 10.1 Å². The minimum atomic E-state index is -1.43. The van der Waals surface area contributed by atoms with Crippen molar-refractivity contribution in [2.45, 2.75) is 18.6 Å². The molecule has 0 aliphatic heterocycles. The Morgan fingerprint density at radius 2 is 1.86 bits per heavy atom. The number of hydrogen-bond donors (Lipinski definition) is 0. The molecule has 2 aromatic carbocycles. The summed E-state index contributed by atoms with van der Waals surface area (Å²) in [5, 5.41) is 12.0. The van der Waals surface area contributed by atoms with Crippen LogP contribution in [0, 0.1) is 10.1 Å². The van der Waals surface area contributed by atoms with Crippen LogP contribution in [0.15, 0.2) is 55.1 Å². The van der Waals surface area contributed by atoms with Crippen molar-refractivity contribution >= 4 is 46.4 Å². The second-order valence-electron chi connectivity index (χ2n) is 6.09. The van der Waals surface area contributed by atoms with E-state index in [1.165, 1.54) is 0 Å². The Labute approximate surface area is 180 Å². The molecular formula is C18H13Cl4N3O3. The zero-order chi connectivity index (χ0) is 20.3. The summed E-state index contributed by atoms with van der Waals surface area (Å²) in [4.78, 5) is 20.7. The van der Waals surface area contributed by atoms with E-state index >= 15 is 0 Å². The number of halogens is 4. The molecule has 0 saturated carbocycles. The molecule has 0 amide bonds. The average Bonchev–Trinajstić information content (AvgIpc) is 3.12. The molecule has 1 aromatic heterocycles. The van der Waals surface area contributed by atoms with Crippen LogP contribution < -0.4 is 0 Å². The fraction of sp³-hybridized carbons (Fsp3) is 0.167. The third-order valence-corrected chi connectivity index (χ3v) is 5.51. The van der Waals surface area contributed by atoms with E-state index in [2.05, 4.69) is 4.98 Å². The van der Waals surface area contributed by atoms with Gasteiger partial charge in [0.15, 0.2) is 5.60 Å². The third kappa shape index (κ3) is 4.70. The highest BCUT2D eigenvalue weighted by atomic mass is 35.5. The monoisotopic (exact) mass is 459 g/mol. The highest BCUT2D eigenvalue weighted by Gasteiger charge is 2.38. The van der Waals surface area contributed by atoms with Crippen LogP contribution in [0.3, 0.4) is 0 Å². The van der Waals surface area contributed by atoms with Gasteiger partial charge in [-0.2, -0.15) is 0 Å². The van der Waals surface area contributed by atoms with Gasteiger partial charge in [0, 0.05) is 28.9 Å². The molecule has 0 N–H and O–H groups in total. The molecule has 1 heterocycles.